The summed E-state index contributed by atoms with van der Waals surface area (Å²) in [7, 11) is -4.49. The average molecular weight is 804 g/mol. The van der Waals surface area contributed by atoms with Gasteiger partial charge in [0.2, 0.25) is 18.1 Å². The van der Waals surface area contributed by atoms with Crippen LogP contribution in [0.25, 0.3) is 0 Å². The second-order valence-corrected chi connectivity index (χ2v) is 14.9. The van der Waals surface area contributed by atoms with E-state index in [4.69, 9.17) is 28.2 Å². The van der Waals surface area contributed by atoms with Crippen LogP contribution in [0.1, 0.15) is 39.2 Å². The number of imide groups is 1. The van der Waals surface area contributed by atoms with Gasteiger partial charge in [-0.15, -0.1) is 0 Å². The van der Waals surface area contributed by atoms with Gasteiger partial charge in [0.1, 0.15) is 49.1 Å². The Morgan fingerprint density at radius 2 is 1.65 bits per heavy atom. The molecule has 55 heavy (non-hydrogen) atoms. The van der Waals surface area contributed by atoms with Gasteiger partial charge in [0.25, 0.3) is 21.9 Å². The molecule has 0 bridgehead atoms. The summed E-state index contributed by atoms with van der Waals surface area (Å²) in [5.74, 6) is -5.66. The number of aliphatic hydroxyl groups is 3. The highest BCUT2D eigenvalue weighted by Gasteiger charge is 2.48. The number of rotatable bonds is 20. The number of hydrogen-bond acceptors (Lipinski definition) is 16. The van der Waals surface area contributed by atoms with Crippen LogP contribution in [0, 0.1) is 5.41 Å². The summed E-state index contributed by atoms with van der Waals surface area (Å²) < 4.78 is 59.1. The third kappa shape index (κ3) is 13.8. The van der Waals surface area contributed by atoms with Crippen molar-refractivity contribution in [2.75, 3.05) is 38.7 Å². The molecule has 21 nitrogen and oxygen atoms in total. The zero-order valence-corrected chi connectivity index (χ0v) is 30.9. The number of carboxylic acids is 1. The molecule has 2 aliphatic rings. The van der Waals surface area contributed by atoms with E-state index in [1.165, 1.54) is 18.2 Å². The highest BCUT2D eigenvalue weighted by atomic mass is 32.2. The maximum atomic E-state index is 12.8. The van der Waals surface area contributed by atoms with Crippen LogP contribution in [0.4, 0.5) is 0 Å². The van der Waals surface area contributed by atoms with Crippen molar-refractivity contribution in [3.05, 3.63) is 35.9 Å². The quantitative estimate of drug-likeness (QED) is 0.0314. The van der Waals surface area contributed by atoms with Gasteiger partial charge in [0.05, 0.1) is 24.4 Å². The topological polar surface area (TPSA) is 311 Å². The van der Waals surface area contributed by atoms with E-state index in [1.54, 1.807) is 20.8 Å². The Hall–Kier alpha value is -4.71. The molecule has 2 heterocycles. The zero-order chi connectivity index (χ0) is 41.1. The van der Waals surface area contributed by atoms with Crippen molar-refractivity contribution in [2.45, 2.75) is 77.0 Å². The van der Waals surface area contributed by atoms with Crippen molar-refractivity contribution in [1.29, 1.82) is 0 Å². The minimum absolute atomic E-state index is 0.0213. The standard InChI is InChI=1S/C33H45N3O18S/c1-33(2,3)32(46)52-17-18-4-5-19(53-31-27(42)25(40)26(41)28(54-31)30(44)45)16-21(18)51-14-13-50-12-10-34-29(43)20(9-15-55(47,48)49)35-22(37)8-11-36-23(38)6-7-24(36)39/h4-7,16,20,25-28,31,40-42H,8-15,17H2,1-3H3,(H,34,43)(H,35,37)(H,44,45)(H,47,48,49)/t20-,25-,26-,27+,28-,31+/m0/s1. The van der Waals surface area contributed by atoms with E-state index in [9.17, 15) is 57.6 Å². The van der Waals surface area contributed by atoms with E-state index in [0.717, 1.165) is 17.1 Å². The number of carbonyl (C=O) groups is 6. The van der Waals surface area contributed by atoms with Gasteiger partial charge in [-0.3, -0.25) is 33.4 Å². The lowest BCUT2D eigenvalue weighted by atomic mass is 9.97. The first-order chi connectivity index (χ1) is 25.7. The molecule has 1 aromatic carbocycles. The van der Waals surface area contributed by atoms with Gasteiger partial charge in [-0.05, 0) is 39.3 Å². The monoisotopic (exact) mass is 803 g/mol. The maximum Gasteiger partial charge on any atom is 0.335 e. The third-order valence-electron chi connectivity index (χ3n) is 7.89. The van der Waals surface area contributed by atoms with Crippen molar-refractivity contribution in [3.63, 3.8) is 0 Å². The zero-order valence-electron chi connectivity index (χ0n) is 30.1. The predicted molar refractivity (Wildman–Crippen MR) is 183 cm³/mol. The number of aliphatic hydroxyl groups excluding tert-OH is 3. The van der Waals surface area contributed by atoms with Gasteiger partial charge in [-0.25, -0.2) is 4.79 Å². The number of nitrogens with zero attached hydrogens (tertiary/aromatic N) is 1. The molecule has 0 aromatic heterocycles. The summed E-state index contributed by atoms with van der Waals surface area (Å²) in [5, 5.41) is 44.5. The van der Waals surface area contributed by atoms with E-state index in [2.05, 4.69) is 10.6 Å². The normalized spacial score (nSPS) is 21.9. The minimum atomic E-state index is -4.49. The second-order valence-electron chi connectivity index (χ2n) is 13.3. The SMILES string of the molecule is CC(C)(C)C(=O)OCc1ccc(O[C@@H]2O[C@H](C(=O)O)[C@@H](O)[C@H](O)[C@H]2O)cc1OCCOCCNC(=O)[C@H](CCS(=O)(=O)O)NC(=O)CCN1C(=O)C=CC1=O. The van der Waals surface area contributed by atoms with Crippen LogP contribution in [0.5, 0.6) is 11.5 Å². The molecule has 6 atom stereocenters. The Balaban J connectivity index is 1.56. The molecule has 306 valence electrons. The molecule has 1 saturated heterocycles. The van der Waals surface area contributed by atoms with E-state index in [-0.39, 0.29) is 57.4 Å². The van der Waals surface area contributed by atoms with Gasteiger partial charge in [-0.2, -0.15) is 8.42 Å². The molecule has 4 amide bonds. The number of carboxylic acid groups (broad SMARTS) is 1. The lowest BCUT2D eigenvalue weighted by molar-refractivity contribution is -0.271. The lowest BCUT2D eigenvalue weighted by Gasteiger charge is -2.38. The van der Waals surface area contributed by atoms with Crippen LogP contribution in [-0.2, 0) is 59.7 Å². The summed E-state index contributed by atoms with van der Waals surface area (Å²) in [6.07, 6.45) is -8.06. The fraction of sp³-hybridized carbons (Fsp3) is 0.576. The number of amides is 4. The van der Waals surface area contributed by atoms with Crippen LogP contribution >= 0.6 is 0 Å². The molecule has 1 aromatic rings. The Morgan fingerprint density at radius 1 is 0.982 bits per heavy atom. The predicted octanol–water partition coefficient (Wildman–Crippen LogP) is -2.36. The summed E-state index contributed by atoms with van der Waals surface area (Å²) in [6, 6.07) is 2.77. The molecular weight excluding hydrogens is 758 g/mol. The number of benzene rings is 1. The summed E-state index contributed by atoms with van der Waals surface area (Å²) in [6.45, 7) is 4.09. The first-order valence-corrected chi connectivity index (χ1v) is 18.4. The van der Waals surface area contributed by atoms with Crippen molar-refractivity contribution in [3.8, 4) is 11.5 Å². The molecule has 0 saturated carbocycles. The van der Waals surface area contributed by atoms with Gasteiger partial charge < -0.3 is 54.7 Å². The number of nitrogens with one attached hydrogen (secondary N) is 2. The van der Waals surface area contributed by atoms with E-state index in [0.29, 0.717) is 5.56 Å². The summed E-state index contributed by atoms with van der Waals surface area (Å²) in [5.41, 5.74) is -0.445. The molecule has 2 aliphatic heterocycles. The number of ether oxygens (including phenoxy) is 5. The molecule has 0 radical (unpaired) electrons. The second kappa shape index (κ2) is 19.7. The summed E-state index contributed by atoms with van der Waals surface area (Å²) >= 11 is 0. The van der Waals surface area contributed by atoms with Crippen molar-refractivity contribution >= 4 is 45.7 Å². The van der Waals surface area contributed by atoms with Gasteiger partial charge in [-0.1, -0.05) is 0 Å². The first kappa shape index (κ1) is 44.7. The van der Waals surface area contributed by atoms with Crippen molar-refractivity contribution in [2.24, 2.45) is 5.41 Å². The van der Waals surface area contributed by atoms with Crippen molar-refractivity contribution in [1.82, 2.24) is 15.5 Å². The molecule has 0 unspecified atom stereocenters. The number of aliphatic carboxylic acids is 1. The number of carbonyl (C=O) groups excluding carboxylic acids is 5. The van der Waals surface area contributed by atoms with Gasteiger partial charge >= 0.3 is 11.9 Å². The molecular formula is C33H45N3O18S. The molecule has 22 heteroatoms. The third-order valence-corrected chi connectivity index (χ3v) is 8.64. The van der Waals surface area contributed by atoms with E-state index in [1.807, 2.05) is 0 Å². The Labute approximate surface area is 315 Å². The van der Waals surface area contributed by atoms with Crippen LogP contribution in [0.15, 0.2) is 30.4 Å². The van der Waals surface area contributed by atoms with Crippen LogP contribution in [-0.4, -0.2) is 149 Å². The largest absolute Gasteiger partial charge is 0.491 e. The highest BCUT2D eigenvalue weighted by molar-refractivity contribution is 7.85. The molecule has 0 aliphatic carbocycles. The minimum Gasteiger partial charge on any atom is -0.491 e. The Morgan fingerprint density at radius 3 is 2.27 bits per heavy atom. The number of hydrogen-bond donors (Lipinski definition) is 7. The van der Waals surface area contributed by atoms with E-state index >= 15 is 0 Å². The fourth-order valence-corrected chi connectivity index (χ4v) is 5.39. The fourth-order valence-electron chi connectivity index (χ4n) is 4.85. The van der Waals surface area contributed by atoms with Crippen LogP contribution < -0.4 is 20.1 Å². The van der Waals surface area contributed by atoms with Crippen LogP contribution in [0.2, 0.25) is 0 Å². The maximum absolute atomic E-state index is 12.8. The summed E-state index contributed by atoms with van der Waals surface area (Å²) in [4.78, 5) is 73.3. The molecule has 1 fully saturated rings. The first-order valence-electron chi connectivity index (χ1n) is 16.8. The molecule has 7 N–H and O–H groups in total. The molecule has 3 rings (SSSR count). The van der Waals surface area contributed by atoms with Gasteiger partial charge in [0, 0.05) is 43.3 Å². The average Bonchev–Trinajstić information content (AvgIpc) is 3.42. The highest BCUT2D eigenvalue weighted by Crippen LogP contribution is 2.30. The lowest BCUT2D eigenvalue weighted by Crippen LogP contribution is -2.61. The van der Waals surface area contributed by atoms with Crippen LogP contribution in [0.3, 0.4) is 0 Å². The Bertz CT molecular complexity index is 1690. The smallest absolute Gasteiger partial charge is 0.335 e. The number of esters is 1. The molecule has 0 spiro atoms. The Kier molecular flexibility index (Phi) is 16.0. The van der Waals surface area contributed by atoms with Gasteiger partial charge in [0.15, 0.2) is 6.10 Å². The van der Waals surface area contributed by atoms with E-state index < -0.39 is 100 Å². The van der Waals surface area contributed by atoms with Crippen molar-refractivity contribution < 1.29 is 85.8 Å².